The third kappa shape index (κ3) is 12.1. The van der Waals surface area contributed by atoms with Gasteiger partial charge in [0.1, 0.15) is 29.5 Å². The molecule has 1 heterocycles. The van der Waals surface area contributed by atoms with E-state index in [0.29, 0.717) is 62.4 Å². The van der Waals surface area contributed by atoms with Crippen LogP contribution in [0.3, 0.4) is 0 Å². The van der Waals surface area contributed by atoms with E-state index in [0.717, 1.165) is 36.2 Å². The molecule has 2 N–H and O–H groups in total. The van der Waals surface area contributed by atoms with Crippen LogP contribution in [-0.4, -0.2) is 106 Å². The molecule has 0 atom stereocenters. The number of aliphatic imine (C=N–C) groups is 2. The van der Waals surface area contributed by atoms with E-state index in [1.165, 1.54) is 0 Å². The van der Waals surface area contributed by atoms with Gasteiger partial charge in [-0.25, -0.2) is 9.79 Å². The molecular formula is C34H48N6O5. The second-order valence-corrected chi connectivity index (χ2v) is 12.0. The fourth-order valence-electron chi connectivity index (χ4n) is 4.30. The molecule has 2 aromatic carbocycles. The minimum Gasteiger partial charge on any atom is -0.492 e. The van der Waals surface area contributed by atoms with Gasteiger partial charge < -0.3 is 24.8 Å². The van der Waals surface area contributed by atoms with Gasteiger partial charge in [-0.3, -0.25) is 19.6 Å². The van der Waals surface area contributed by atoms with Gasteiger partial charge in [-0.2, -0.15) is 0 Å². The summed E-state index contributed by atoms with van der Waals surface area (Å²) in [5, 5.41) is 6.04. The zero-order valence-electron chi connectivity index (χ0n) is 27.5. The second kappa shape index (κ2) is 17.4. The van der Waals surface area contributed by atoms with Gasteiger partial charge in [-0.05, 0) is 83.8 Å². The highest BCUT2D eigenvalue weighted by Crippen LogP contribution is 2.25. The number of hydrogen-bond acceptors (Lipinski definition) is 10. The standard InChI is InChI=1S/C34H48N6O5/c1-25(2)39(7)22-30(31(23-41)37-24-40-17-20-43-21-18-40)32(35-6)38-28-12-8-26(9-13-28)27-10-14-29(15-11-27)44-19-16-36-33(42)45-34(3,4)5/h8-15,23,25,38H,6,16-22,24H2,1-5,7H3,(H,36,42)/b32-30+,37-31?. The predicted molar refractivity (Wildman–Crippen MR) is 180 cm³/mol. The highest BCUT2D eigenvalue weighted by molar-refractivity contribution is 6.36. The van der Waals surface area contributed by atoms with E-state index in [9.17, 15) is 9.59 Å². The van der Waals surface area contributed by atoms with Gasteiger partial charge in [-0.1, -0.05) is 24.3 Å². The van der Waals surface area contributed by atoms with Gasteiger partial charge in [-0.15, -0.1) is 0 Å². The molecule has 0 aromatic heterocycles. The van der Waals surface area contributed by atoms with Crippen molar-refractivity contribution in [1.29, 1.82) is 0 Å². The van der Waals surface area contributed by atoms with Crippen molar-refractivity contribution < 1.29 is 23.8 Å². The molecule has 0 unspecified atom stereocenters. The average Bonchev–Trinajstić information content (AvgIpc) is 3.02. The zero-order valence-corrected chi connectivity index (χ0v) is 27.5. The van der Waals surface area contributed by atoms with E-state index < -0.39 is 11.7 Å². The summed E-state index contributed by atoms with van der Waals surface area (Å²) in [5.41, 5.74) is 3.35. The highest BCUT2D eigenvalue weighted by atomic mass is 16.6. The average molecular weight is 621 g/mol. The van der Waals surface area contributed by atoms with E-state index in [4.69, 9.17) is 14.2 Å². The number of ether oxygens (including phenoxy) is 3. The number of morpholine rings is 1. The van der Waals surface area contributed by atoms with E-state index in [1.807, 2.05) is 76.3 Å². The number of alkyl carbamates (subject to hydrolysis) is 1. The molecule has 0 aliphatic carbocycles. The Labute approximate surface area is 267 Å². The SMILES string of the molecule is C=N/C(Nc1ccc(-c2ccc(OCCNC(=O)OC(C)(C)C)cc2)cc1)=C(/CN(C)C(C)C)C(C=O)=NCN1CCOCC1. The van der Waals surface area contributed by atoms with Crippen LogP contribution < -0.4 is 15.4 Å². The number of nitrogens with one attached hydrogen (secondary N) is 2. The second-order valence-electron chi connectivity index (χ2n) is 12.0. The fourth-order valence-corrected chi connectivity index (χ4v) is 4.30. The van der Waals surface area contributed by atoms with Crippen molar-refractivity contribution in [3.8, 4) is 16.9 Å². The van der Waals surface area contributed by atoms with Crippen LogP contribution in [0.15, 0.2) is 69.9 Å². The summed E-state index contributed by atoms with van der Waals surface area (Å²) in [5.74, 6) is 1.20. The molecule has 1 amide bonds. The first-order valence-electron chi connectivity index (χ1n) is 15.3. The number of anilines is 1. The van der Waals surface area contributed by atoms with Crippen LogP contribution in [0.25, 0.3) is 11.1 Å². The molecule has 0 bridgehead atoms. The molecule has 3 rings (SSSR count). The fraction of sp³-hybridized carbons (Fsp3) is 0.471. The maximum Gasteiger partial charge on any atom is 0.407 e. The minimum atomic E-state index is -0.540. The summed E-state index contributed by atoms with van der Waals surface area (Å²) in [6.45, 7) is 17.9. The maximum atomic E-state index is 12.3. The Kier molecular flexibility index (Phi) is 13.7. The lowest BCUT2D eigenvalue weighted by atomic mass is 10.1. The van der Waals surface area contributed by atoms with Gasteiger partial charge in [0.15, 0.2) is 6.29 Å². The Hall–Kier alpha value is -4.06. The lowest BCUT2D eigenvalue weighted by molar-refractivity contribution is -0.102. The maximum absolute atomic E-state index is 12.3. The Morgan fingerprint density at radius 2 is 1.71 bits per heavy atom. The number of carbonyl (C=O) groups excluding carboxylic acids is 2. The highest BCUT2D eigenvalue weighted by Gasteiger charge is 2.19. The van der Waals surface area contributed by atoms with E-state index in [2.05, 4.69) is 51.0 Å². The first kappa shape index (κ1) is 35.4. The first-order valence-corrected chi connectivity index (χ1v) is 15.3. The predicted octanol–water partition coefficient (Wildman–Crippen LogP) is 4.85. The van der Waals surface area contributed by atoms with Crippen molar-refractivity contribution in [2.45, 2.75) is 46.3 Å². The summed E-state index contributed by atoms with van der Waals surface area (Å²) in [7, 11) is 2.00. The van der Waals surface area contributed by atoms with Gasteiger partial charge >= 0.3 is 6.09 Å². The van der Waals surface area contributed by atoms with Crippen molar-refractivity contribution >= 4 is 30.5 Å². The third-order valence-electron chi connectivity index (χ3n) is 7.07. The van der Waals surface area contributed by atoms with E-state index in [-0.39, 0.29) is 6.04 Å². The van der Waals surface area contributed by atoms with Crippen LogP contribution in [0.4, 0.5) is 10.5 Å². The van der Waals surface area contributed by atoms with E-state index in [1.54, 1.807) is 0 Å². The Bertz CT molecular complexity index is 1310. The number of likely N-dealkylation sites (N-methyl/N-ethyl adjacent to an activating group) is 1. The molecular weight excluding hydrogens is 572 g/mol. The monoisotopic (exact) mass is 620 g/mol. The molecule has 2 aromatic rings. The smallest absolute Gasteiger partial charge is 0.407 e. The molecule has 45 heavy (non-hydrogen) atoms. The van der Waals surface area contributed by atoms with Crippen molar-refractivity contribution in [3.05, 3.63) is 59.9 Å². The number of nitrogens with zero attached hydrogens (tertiary/aromatic N) is 4. The van der Waals surface area contributed by atoms with Crippen molar-refractivity contribution in [2.75, 3.05) is 65.0 Å². The van der Waals surface area contributed by atoms with Crippen molar-refractivity contribution in [1.82, 2.24) is 15.1 Å². The van der Waals surface area contributed by atoms with Crippen molar-refractivity contribution in [2.24, 2.45) is 9.98 Å². The number of hydrogen-bond donors (Lipinski definition) is 2. The molecule has 0 radical (unpaired) electrons. The van der Waals surface area contributed by atoms with Crippen LogP contribution in [0, 0.1) is 0 Å². The van der Waals surface area contributed by atoms with E-state index >= 15 is 0 Å². The van der Waals surface area contributed by atoms with Gasteiger partial charge in [0.25, 0.3) is 0 Å². The van der Waals surface area contributed by atoms with Crippen LogP contribution in [0.2, 0.25) is 0 Å². The molecule has 1 fully saturated rings. The zero-order chi connectivity index (χ0) is 32.8. The lowest BCUT2D eigenvalue weighted by Crippen LogP contribution is -2.37. The molecule has 1 aliphatic rings. The topological polar surface area (TPSA) is 117 Å². The molecule has 1 saturated heterocycles. The molecule has 0 saturated carbocycles. The molecule has 1 aliphatic heterocycles. The number of aldehydes is 1. The Morgan fingerprint density at radius 3 is 2.27 bits per heavy atom. The molecule has 244 valence electrons. The summed E-state index contributed by atoms with van der Waals surface area (Å²) >= 11 is 0. The third-order valence-corrected chi connectivity index (χ3v) is 7.07. The molecule has 11 nitrogen and oxygen atoms in total. The Balaban J connectivity index is 1.68. The number of amides is 1. The van der Waals surface area contributed by atoms with Gasteiger partial charge in [0.05, 0.1) is 26.4 Å². The molecule has 11 heteroatoms. The van der Waals surface area contributed by atoms with Crippen LogP contribution >= 0.6 is 0 Å². The van der Waals surface area contributed by atoms with Crippen LogP contribution in [0.5, 0.6) is 5.75 Å². The number of rotatable bonds is 15. The summed E-state index contributed by atoms with van der Waals surface area (Å²) in [4.78, 5) is 37.3. The lowest BCUT2D eigenvalue weighted by Gasteiger charge is -2.26. The Morgan fingerprint density at radius 1 is 1.09 bits per heavy atom. The van der Waals surface area contributed by atoms with Crippen LogP contribution in [0.1, 0.15) is 34.6 Å². The number of carbonyl (C=O) groups is 2. The summed E-state index contributed by atoms with van der Waals surface area (Å²) in [6.07, 6.45) is 0.330. The summed E-state index contributed by atoms with van der Waals surface area (Å²) < 4.78 is 16.4. The molecule has 0 spiro atoms. The largest absolute Gasteiger partial charge is 0.492 e. The quantitative estimate of drug-likeness (QED) is 0.165. The van der Waals surface area contributed by atoms with Crippen LogP contribution in [-0.2, 0) is 14.3 Å². The first-order chi connectivity index (χ1) is 21.5. The van der Waals surface area contributed by atoms with Gasteiger partial charge in [0.2, 0.25) is 0 Å². The van der Waals surface area contributed by atoms with Gasteiger partial charge in [0, 0.05) is 36.9 Å². The normalized spacial score (nSPS) is 15.0. The summed E-state index contributed by atoms with van der Waals surface area (Å²) in [6, 6.07) is 16.0. The number of benzene rings is 2. The van der Waals surface area contributed by atoms with Crippen molar-refractivity contribution in [3.63, 3.8) is 0 Å². The minimum absolute atomic E-state index is 0.253.